The highest BCUT2D eigenvalue weighted by Crippen LogP contribution is 2.47. The van der Waals surface area contributed by atoms with E-state index >= 15 is 0 Å². The normalized spacial score (nSPS) is 30.6. The lowest BCUT2D eigenvalue weighted by atomic mass is 9.88. The third-order valence-corrected chi connectivity index (χ3v) is 4.79. The minimum absolute atomic E-state index is 0.256. The zero-order valence-corrected chi connectivity index (χ0v) is 11.7. The Balaban J connectivity index is 1.75. The average Bonchev–Trinajstić information content (AvgIpc) is 3.19. The number of hydrogen-bond acceptors (Lipinski definition) is 3. The molecule has 1 aromatic rings. The van der Waals surface area contributed by atoms with E-state index in [-0.39, 0.29) is 5.92 Å². The summed E-state index contributed by atoms with van der Waals surface area (Å²) >= 11 is 0. The van der Waals surface area contributed by atoms with Crippen LogP contribution in [-0.2, 0) is 6.54 Å². The summed E-state index contributed by atoms with van der Waals surface area (Å²) in [6.45, 7) is 4.19. The van der Waals surface area contributed by atoms with Gasteiger partial charge in [-0.15, -0.1) is 0 Å². The lowest BCUT2D eigenvalue weighted by molar-refractivity contribution is -0.00444. The van der Waals surface area contributed by atoms with E-state index in [4.69, 9.17) is 0 Å². The largest absolute Gasteiger partial charge is 0.478 e. The molecule has 1 aromatic carbocycles. The second kappa shape index (κ2) is 4.86. The molecule has 1 saturated carbocycles. The van der Waals surface area contributed by atoms with Gasteiger partial charge in [0.2, 0.25) is 0 Å². The smallest absolute Gasteiger partial charge is 0.336 e. The maximum absolute atomic E-state index is 11.2. The van der Waals surface area contributed by atoms with Crippen LogP contribution in [0.2, 0.25) is 0 Å². The van der Waals surface area contributed by atoms with Crippen molar-refractivity contribution < 1.29 is 15.0 Å². The van der Waals surface area contributed by atoms with Crippen molar-refractivity contribution in [3.05, 3.63) is 35.4 Å². The van der Waals surface area contributed by atoms with E-state index in [9.17, 15) is 15.0 Å². The first-order chi connectivity index (χ1) is 9.50. The summed E-state index contributed by atoms with van der Waals surface area (Å²) in [4.78, 5) is 13.4. The predicted octanol–water partition coefficient (Wildman–Crippen LogP) is 1.98. The third kappa shape index (κ3) is 2.34. The fraction of sp³-hybridized carbons (Fsp3) is 0.562. The molecule has 4 heteroatoms. The van der Waals surface area contributed by atoms with Gasteiger partial charge in [-0.3, -0.25) is 4.90 Å². The summed E-state index contributed by atoms with van der Waals surface area (Å²) in [5.41, 5.74) is 0.618. The molecular formula is C16H21NO3. The lowest BCUT2D eigenvalue weighted by Crippen LogP contribution is -2.39. The molecule has 3 rings (SSSR count). The highest BCUT2D eigenvalue weighted by atomic mass is 16.4. The summed E-state index contributed by atoms with van der Waals surface area (Å²) in [6, 6.07) is 7.13. The zero-order chi connectivity index (χ0) is 14.3. The minimum atomic E-state index is -0.884. The molecule has 20 heavy (non-hydrogen) atoms. The van der Waals surface area contributed by atoms with Crippen molar-refractivity contribution in [1.82, 2.24) is 4.90 Å². The zero-order valence-electron chi connectivity index (χ0n) is 11.7. The third-order valence-electron chi connectivity index (χ3n) is 4.79. The topological polar surface area (TPSA) is 60.8 Å². The van der Waals surface area contributed by atoms with E-state index in [0.717, 1.165) is 24.9 Å². The number of nitrogens with zero attached hydrogens (tertiary/aromatic N) is 1. The van der Waals surface area contributed by atoms with E-state index in [2.05, 4.69) is 11.8 Å². The molecule has 1 saturated heterocycles. The summed E-state index contributed by atoms with van der Waals surface area (Å²) in [6.07, 6.45) is 2.25. The van der Waals surface area contributed by atoms with Gasteiger partial charge in [0.1, 0.15) is 0 Å². The molecule has 2 aliphatic rings. The molecule has 2 N–H and O–H groups in total. The summed E-state index contributed by atoms with van der Waals surface area (Å²) in [5.74, 6) is -0.186. The number of carbonyl (C=O) groups is 1. The Kier molecular flexibility index (Phi) is 3.30. The molecule has 0 radical (unpaired) electrons. The first kappa shape index (κ1) is 13.6. The SMILES string of the molecule is C[C@@H]1CN(Cc2ccccc2C(=O)O)C[C@@]1(O)C1CC1. The van der Waals surface area contributed by atoms with Crippen LogP contribution in [0.3, 0.4) is 0 Å². The van der Waals surface area contributed by atoms with Gasteiger partial charge in [-0.1, -0.05) is 25.1 Å². The monoisotopic (exact) mass is 275 g/mol. The van der Waals surface area contributed by atoms with Crippen molar-refractivity contribution in [1.29, 1.82) is 0 Å². The van der Waals surface area contributed by atoms with Crippen LogP contribution in [0.1, 0.15) is 35.7 Å². The number of aromatic carboxylic acids is 1. The number of carboxylic acid groups (broad SMARTS) is 1. The van der Waals surface area contributed by atoms with E-state index in [1.807, 2.05) is 12.1 Å². The molecular weight excluding hydrogens is 254 g/mol. The second-order valence-electron chi connectivity index (χ2n) is 6.30. The van der Waals surface area contributed by atoms with Gasteiger partial charge < -0.3 is 10.2 Å². The standard InChI is InChI=1S/C16H21NO3/c1-11-8-17(10-16(11,20)13-6-7-13)9-12-4-2-3-5-14(12)15(18)19/h2-5,11,13,20H,6-10H2,1H3,(H,18,19)/t11-,16+/m1/s1. The second-order valence-corrected chi connectivity index (χ2v) is 6.30. The van der Waals surface area contributed by atoms with Crippen LogP contribution in [0, 0.1) is 11.8 Å². The molecule has 1 aliphatic carbocycles. The Hall–Kier alpha value is -1.39. The molecule has 4 nitrogen and oxygen atoms in total. The molecule has 2 fully saturated rings. The van der Waals surface area contributed by atoms with Gasteiger partial charge in [-0.05, 0) is 36.3 Å². The molecule has 2 atom stereocenters. The van der Waals surface area contributed by atoms with Gasteiger partial charge in [0.15, 0.2) is 0 Å². The van der Waals surface area contributed by atoms with E-state index < -0.39 is 11.6 Å². The van der Waals surface area contributed by atoms with E-state index in [0.29, 0.717) is 24.6 Å². The quantitative estimate of drug-likeness (QED) is 0.882. The van der Waals surface area contributed by atoms with Crippen molar-refractivity contribution in [3.63, 3.8) is 0 Å². The Bertz CT molecular complexity index is 526. The van der Waals surface area contributed by atoms with Crippen LogP contribution in [0.4, 0.5) is 0 Å². The Morgan fingerprint density at radius 1 is 1.40 bits per heavy atom. The van der Waals surface area contributed by atoms with Gasteiger partial charge in [-0.2, -0.15) is 0 Å². The lowest BCUT2D eigenvalue weighted by Gasteiger charge is -2.27. The van der Waals surface area contributed by atoms with Crippen molar-refractivity contribution in [2.45, 2.75) is 31.9 Å². The fourth-order valence-corrected chi connectivity index (χ4v) is 3.47. The summed E-state index contributed by atoms with van der Waals surface area (Å²) in [7, 11) is 0. The Morgan fingerprint density at radius 3 is 2.75 bits per heavy atom. The van der Waals surface area contributed by atoms with Crippen LogP contribution >= 0.6 is 0 Å². The van der Waals surface area contributed by atoms with Gasteiger partial charge in [0.25, 0.3) is 0 Å². The van der Waals surface area contributed by atoms with Crippen LogP contribution in [0.15, 0.2) is 24.3 Å². The van der Waals surface area contributed by atoms with Crippen molar-refractivity contribution in [2.24, 2.45) is 11.8 Å². The fourth-order valence-electron chi connectivity index (χ4n) is 3.47. The molecule has 0 spiro atoms. The highest BCUT2D eigenvalue weighted by molar-refractivity contribution is 5.89. The van der Waals surface area contributed by atoms with Crippen LogP contribution in [0.25, 0.3) is 0 Å². The number of carboxylic acids is 1. The van der Waals surface area contributed by atoms with Gasteiger partial charge >= 0.3 is 5.97 Å². The molecule has 1 heterocycles. The Labute approximate surface area is 119 Å². The van der Waals surface area contributed by atoms with Crippen molar-refractivity contribution in [3.8, 4) is 0 Å². The van der Waals surface area contributed by atoms with Crippen LogP contribution in [0.5, 0.6) is 0 Å². The molecule has 0 unspecified atom stereocenters. The maximum Gasteiger partial charge on any atom is 0.336 e. The van der Waals surface area contributed by atoms with E-state index in [1.54, 1.807) is 12.1 Å². The first-order valence-corrected chi connectivity index (χ1v) is 7.26. The molecule has 1 aliphatic heterocycles. The summed E-state index contributed by atoms with van der Waals surface area (Å²) in [5, 5.41) is 20.0. The number of likely N-dealkylation sites (tertiary alicyclic amines) is 1. The number of benzene rings is 1. The predicted molar refractivity (Wildman–Crippen MR) is 75.5 cm³/mol. The first-order valence-electron chi connectivity index (χ1n) is 7.26. The van der Waals surface area contributed by atoms with E-state index in [1.165, 1.54) is 0 Å². The average molecular weight is 275 g/mol. The number of rotatable bonds is 4. The summed E-state index contributed by atoms with van der Waals surface area (Å²) < 4.78 is 0. The maximum atomic E-state index is 11.2. The van der Waals surface area contributed by atoms with Crippen LogP contribution < -0.4 is 0 Å². The Morgan fingerprint density at radius 2 is 2.10 bits per heavy atom. The number of hydrogen-bond donors (Lipinski definition) is 2. The highest BCUT2D eigenvalue weighted by Gasteiger charge is 2.52. The van der Waals surface area contributed by atoms with Gasteiger partial charge in [-0.25, -0.2) is 4.79 Å². The minimum Gasteiger partial charge on any atom is -0.478 e. The molecule has 0 aromatic heterocycles. The molecule has 0 amide bonds. The molecule has 0 bridgehead atoms. The van der Waals surface area contributed by atoms with Crippen molar-refractivity contribution >= 4 is 5.97 Å². The van der Waals surface area contributed by atoms with Crippen LogP contribution in [-0.4, -0.2) is 39.8 Å². The molecule has 108 valence electrons. The number of β-amino-alcohol motifs (C(OH)–C–C–N with tert-alkyl or cyclic N) is 1. The van der Waals surface area contributed by atoms with Crippen molar-refractivity contribution in [2.75, 3.05) is 13.1 Å². The van der Waals surface area contributed by atoms with Gasteiger partial charge in [0, 0.05) is 19.6 Å². The van der Waals surface area contributed by atoms with Gasteiger partial charge in [0.05, 0.1) is 11.2 Å². The number of aliphatic hydroxyl groups is 1.